The Morgan fingerprint density at radius 3 is 2.24 bits per heavy atom. The highest BCUT2D eigenvalue weighted by Crippen LogP contribution is 2.30. The molecule has 0 bridgehead atoms. The summed E-state index contributed by atoms with van der Waals surface area (Å²) < 4.78 is 28.1. The molecule has 1 saturated heterocycles. The van der Waals surface area contributed by atoms with Gasteiger partial charge < -0.3 is 5.32 Å². The second-order valence-corrected chi connectivity index (χ2v) is 12.7. The van der Waals surface area contributed by atoms with E-state index in [0.717, 1.165) is 22.9 Å². The van der Waals surface area contributed by atoms with E-state index in [2.05, 4.69) is 54.3 Å². The zero-order chi connectivity index (χ0) is 24.4. The lowest BCUT2D eigenvalue weighted by atomic mass is 9.86. The second kappa shape index (κ2) is 10.2. The van der Waals surface area contributed by atoms with Gasteiger partial charge in [-0.3, -0.25) is 10.1 Å². The SMILES string of the molecule is CC1CCN(S(=O)(=O)c2ccc(NC(=S)NC(=O)c3ccc(C(C)(C)C)c(Br)c3)cc2)CC1. The summed E-state index contributed by atoms with van der Waals surface area (Å²) in [6.07, 6.45) is 1.75. The Morgan fingerprint density at radius 2 is 1.70 bits per heavy atom. The molecule has 1 aliphatic rings. The van der Waals surface area contributed by atoms with Crippen molar-refractivity contribution in [1.29, 1.82) is 0 Å². The molecular weight excluding hydrogens is 522 g/mol. The molecule has 0 atom stereocenters. The van der Waals surface area contributed by atoms with E-state index in [1.807, 2.05) is 6.07 Å². The molecule has 1 amide bonds. The summed E-state index contributed by atoms with van der Waals surface area (Å²) in [5.74, 6) is 0.226. The molecule has 2 N–H and O–H groups in total. The number of rotatable bonds is 4. The Labute approximate surface area is 210 Å². The van der Waals surface area contributed by atoms with Gasteiger partial charge in [-0.1, -0.05) is 49.7 Å². The normalized spacial score (nSPS) is 15.8. The average Bonchev–Trinajstić information content (AvgIpc) is 2.73. The number of hydrogen-bond acceptors (Lipinski definition) is 4. The number of hydrogen-bond donors (Lipinski definition) is 2. The van der Waals surface area contributed by atoms with Crippen molar-refractivity contribution in [2.24, 2.45) is 5.92 Å². The van der Waals surface area contributed by atoms with Crippen molar-refractivity contribution < 1.29 is 13.2 Å². The maximum absolute atomic E-state index is 12.9. The second-order valence-electron chi connectivity index (χ2n) is 9.46. The van der Waals surface area contributed by atoms with Gasteiger partial charge in [0.2, 0.25) is 10.0 Å². The van der Waals surface area contributed by atoms with Crippen molar-refractivity contribution in [3.05, 3.63) is 58.1 Å². The van der Waals surface area contributed by atoms with Crippen LogP contribution in [0.1, 0.15) is 56.5 Å². The van der Waals surface area contributed by atoms with Crippen molar-refractivity contribution in [2.45, 2.75) is 50.8 Å². The van der Waals surface area contributed by atoms with Gasteiger partial charge in [-0.25, -0.2) is 8.42 Å². The summed E-state index contributed by atoms with van der Waals surface area (Å²) in [7, 11) is -3.51. The van der Waals surface area contributed by atoms with Crippen LogP contribution in [0.5, 0.6) is 0 Å². The third-order valence-corrected chi connectivity index (χ3v) is 8.53. The predicted octanol–water partition coefficient (Wildman–Crippen LogP) is 5.29. The number of halogens is 1. The number of amides is 1. The Bertz CT molecular complexity index is 1130. The van der Waals surface area contributed by atoms with Gasteiger partial charge in [-0.05, 0) is 78.4 Å². The van der Waals surface area contributed by atoms with Gasteiger partial charge in [-0.15, -0.1) is 0 Å². The van der Waals surface area contributed by atoms with Crippen LogP contribution in [0.15, 0.2) is 51.8 Å². The highest BCUT2D eigenvalue weighted by molar-refractivity contribution is 9.10. The van der Waals surface area contributed by atoms with E-state index in [9.17, 15) is 13.2 Å². The lowest BCUT2D eigenvalue weighted by molar-refractivity contribution is 0.0977. The molecule has 9 heteroatoms. The number of thiocarbonyl (C=S) groups is 1. The molecule has 2 aromatic rings. The molecular formula is C24H30BrN3O3S2. The molecule has 2 aromatic carbocycles. The molecule has 0 spiro atoms. The fraction of sp³-hybridized carbons (Fsp3) is 0.417. The van der Waals surface area contributed by atoms with E-state index >= 15 is 0 Å². The number of sulfonamides is 1. The lowest BCUT2D eigenvalue weighted by Crippen LogP contribution is -2.37. The van der Waals surface area contributed by atoms with Crippen LogP contribution in [0.25, 0.3) is 0 Å². The third-order valence-electron chi connectivity index (χ3n) is 5.76. The van der Waals surface area contributed by atoms with Crippen LogP contribution >= 0.6 is 28.1 Å². The molecule has 3 rings (SSSR count). The minimum absolute atomic E-state index is 0.0449. The van der Waals surface area contributed by atoms with Crippen molar-refractivity contribution >= 4 is 54.9 Å². The van der Waals surface area contributed by atoms with Gasteiger partial charge in [0.25, 0.3) is 5.91 Å². The zero-order valence-corrected chi connectivity index (χ0v) is 22.5. The highest BCUT2D eigenvalue weighted by Gasteiger charge is 2.28. The molecule has 0 saturated carbocycles. The van der Waals surface area contributed by atoms with Crippen LogP contribution in [-0.2, 0) is 15.4 Å². The number of carbonyl (C=O) groups is 1. The number of anilines is 1. The summed E-state index contributed by atoms with van der Waals surface area (Å²) in [4.78, 5) is 12.8. The highest BCUT2D eigenvalue weighted by atomic mass is 79.9. The van der Waals surface area contributed by atoms with Crippen LogP contribution in [-0.4, -0.2) is 36.8 Å². The quantitative estimate of drug-likeness (QED) is 0.504. The summed E-state index contributed by atoms with van der Waals surface area (Å²) >= 11 is 8.81. The molecule has 0 unspecified atom stereocenters. The maximum Gasteiger partial charge on any atom is 0.257 e. The molecule has 6 nitrogen and oxygen atoms in total. The Morgan fingerprint density at radius 1 is 1.09 bits per heavy atom. The Hall–Kier alpha value is -1.81. The zero-order valence-electron chi connectivity index (χ0n) is 19.3. The fourth-order valence-electron chi connectivity index (χ4n) is 3.69. The average molecular weight is 553 g/mol. The first kappa shape index (κ1) is 25.8. The van der Waals surface area contributed by atoms with Crippen molar-refractivity contribution in [3.8, 4) is 0 Å². The van der Waals surface area contributed by atoms with Gasteiger partial charge in [0, 0.05) is 28.8 Å². The number of carbonyl (C=O) groups excluding carboxylic acids is 1. The number of piperidine rings is 1. The van der Waals surface area contributed by atoms with Crippen molar-refractivity contribution in [3.63, 3.8) is 0 Å². The molecule has 178 valence electrons. The van der Waals surface area contributed by atoms with Crippen LogP contribution in [0.4, 0.5) is 5.69 Å². The summed E-state index contributed by atoms with van der Waals surface area (Å²) in [6.45, 7) is 9.56. The van der Waals surface area contributed by atoms with Crippen molar-refractivity contribution in [1.82, 2.24) is 9.62 Å². The van der Waals surface area contributed by atoms with Crippen molar-refractivity contribution in [2.75, 3.05) is 18.4 Å². The monoisotopic (exact) mass is 551 g/mol. The van der Waals surface area contributed by atoms with Crippen LogP contribution in [0.3, 0.4) is 0 Å². The summed E-state index contributed by atoms with van der Waals surface area (Å²) in [5, 5.41) is 5.74. The minimum Gasteiger partial charge on any atom is -0.332 e. The molecule has 1 aliphatic heterocycles. The van der Waals surface area contributed by atoms with Gasteiger partial charge in [0.05, 0.1) is 4.90 Å². The van der Waals surface area contributed by atoms with Gasteiger partial charge >= 0.3 is 0 Å². The van der Waals surface area contributed by atoms with Gasteiger partial charge in [0.15, 0.2) is 5.11 Å². The number of nitrogens with one attached hydrogen (secondary N) is 2. The smallest absolute Gasteiger partial charge is 0.257 e. The molecule has 33 heavy (non-hydrogen) atoms. The maximum atomic E-state index is 12.9. The first-order chi connectivity index (χ1) is 15.4. The van der Waals surface area contributed by atoms with E-state index in [4.69, 9.17) is 12.2 Å². The topological polar surface area (TPSA) is 78.5 Å². The largest absolute Gasteiger partial charge is 0.332 e. The molecule has 1 fully saturated rings. The van der Waals surface area contributed by atoms with E-state index < -0.39 is 10.0 Å². The van der Waals surface area contributed by atoms with E-state index in [1.165, 1.54) is 0 Å². The molecule has 0 radical (unpaired) electrons. The van der Waals surface area contributed by atoms with Gasteiger partial charge in [-0.2, -0.15) is 4.31 Å². The van der Waals surface area contributed by atoms with Crippen LogP contribution in [0.2, 0.25) is 0 Å². The fourth-order valence-corrected chi connectivity index (χ4v) is 6.34. The third kappa shape index (κ3) is 6.41. The van der Waals surface area contributed by atoms with Crippen LogP contribution < -0.4 is 10.6 Å². The van der Waals surface area contributed by atoms with Gasteiger partial charge in [0.1, 0.15) is 0 Å². The Balaban J connectivity index is 1.62. The number of benzene rings is 2. The van der Waals surface area contributed by atoms with E-state index in [0.29, 0.717) is 30.3 Å². The first-order valence-electron chi connectivity index (χ1n) is 10.9. The number of nitrogens with zero attached hydrogens (tertiary/aromatic N) is 1. The Kier molecular flexibility index (Phi) is 7.99. The lowest BCUT2D eigenvalue weighted by Gasteiger charge is -2.29. The summed E-state index contributed by atoms with van der Waals surface area (Å²) in [6, 6.07) is 11.9. The van der Waals surface area contributed by atoms with E-state index in [1.54, 1.807) is 40.7 Å². The molecule has 0 aromatic heterocycles. The minimum atomic E-state index is -3.51. The first-order valence-corrected chi connectivity index (χ1v) is 13.5. The molecule has 1 heterocycles. The molecule has 0 aliphatic carbocycles. The predicted molar refractivity (Wildman–Crippen MR) is 140 cm³/mol. The standard InChI is InChI=1S/C24H30BrN3O3S2/c1-16-11-13-28(14-12-16)33(30,31)19-8-6-18(7-9-19)26-23(32)27-22(29)17-5-10-20(21(25)15-17)24(2,3)4/h5-10,15-16H,11-14H2,1-4H3,(H2,26,27,29,32). The van der Waals surface area contributed by atoms with Crippen LogP contribution in [0, 0.1) is 5.92 Å². The van der Waals surface area contributed by atoms with E-state index in [-0.39, 0.29) is 21.3 Å². The summed E-state index contributed by atoms with van der Waals surface area (Å²) in [5.41, 5.74) is 2.14.